The minimum Gasteiger partial charge on any atom is -0.508 e. The lowest BCUT2D eigenvalue weighted by Gasteiger charge is -2.18. The maximum atomic E-state index is 9.48. The summed E-state index contributed by atoms with van der Waals surface area (Å²) in [6.45, 7) is 12.5. The van der Waals surface area contributed by atoms with Crippen LogP contribution in [-0.2, 0) is 0 Å². The molecule has 5 aromatic rings. The van der Waals surface area contributed by atoms with Crippen LogP contribution in [0.2, 0.25) is 10.0 Å². The van der Waals surface area contributed by atoms with Gasteiger partial charge < -0.3 is 14.6 Å². The molecule has 0 fully saturated rings. The third-order valence-corrected chi connectivity index (χ3v) is 8.43. The topological polar surface area (TPSA) is 134 Å². The Labute approximate surface area is 316 Å². The fraction of sp³-hybridized carbons (Fsp3) is 0.209. The zero-order valence-corrected chi connectivity index (χ0v) is 31.3. The molecule has 0 aliphatic heterocycles. The van der Waals surface area contributed by atoms with E-state index in [4.69, 9.17) is 43.2 Å². The molecule has 1 N–H and O–H groups in total. The number of benzene rings is 5. The minimum atomic E-state index is 0.243. The Balaban J connectivity index is 0.000000269. The van der Waals surface area contributed by atoms with Crippen LogP contribution >= 0.6 is 23.2 Å². The van der Waals surface area contributed by atoms with Gasteiger partial charge in [-0.05, 0) is 64.8 Å². The summed E-state index contributed by atoms with van der Waals surface area (Å²) in [7, 11) is 0. The molecule has 7 nitrogen and oxygen atoms in total. The quantitative estimate of drug-likeness (QED) is 0.176. The van der Waals surface area contributed by atoms with Crippen molar-refractivity contribution in [1.82, 2.24) is 0 Å². The van der Waals surface area contributed by atoms with Crippen molar-refractivity contribution in [2.75, 3.05) is 0 Å². The standard InChI is InChI=1S/C26H24N2O2.C9H12O.C8H2Cl2N2/c1-17(2)21-9-5-7-11-23(21)29-25-13-19(15-27)20(16-28)14-26(25)30-24-12-8-6-10-22(24)18(3)4;1-7(2)8-5-3-4-6-9(8)10;9-7-1-5(3-11)6(4-12)2-8(7)10/h5-14,17-18H,1-4H3;3-7,10H,1-2H3;1-2H. The molecule has 52 heavy (non-hydrogen) atoms. The smallest absolute Gasteiger partial charge is 0.171 e. The number of nitrogens with zero attached hydrogens (tertiary/aromatic N) is 4. The summed E-state index contributed by atoms with van der Waals surface area (Å²) >= 11 is 11.3. The Bertz CT molecular complexity index is 2060. The molecule has 0 heterocycles. The van der Waals surface area contributed by atoms with E-state index >= 15 is 0 Å². The van der Waals surface area contributed by atoms with Gasteiger partial charge in [0.25, 0.3) is 0 Å². The highest BCUT2D eigenvalue weighted by molar-refractivity contribution is 6.42. The monoisotopic (exact) mass is 728 g/mol. The van der Waals surface area contributed by atoms with Gasteiger partial charge in [-0.2, -0.15) is 21.0 Å². The maximum Gasteiger partial charge on any atom is 0.171 e. The average molecular weight is 730 g/mol. The Hall–Kier alpha value is -5.96. The summed E-state index contributed by atoms with van der Waals surface area (Å²) in [6, 6.07) is 36.8. The number of hydrogen-bond donors (Lipinski definition) is 1. The normalized spacial score (nSPS) is 10.1. The molecular weight excluding hydrogens is 691 g/mol. The first-order valence-corrected chi connectivity index (χ1v) is 17.2. The predicted octanol–water partition coefficient (Wildman–Crippen LogP) is 12.5. The molecule has 0 bridgehead atoms. The lowest BCUT2D eigenvalue weighted by atomic mass is 10.0. The van der Waals surface area contributed by atoms with Crippen LogP contribution in [0, 0.1) is 45.3 Å². The third kappa shape index (κ3) is 10.8. The molecule has 0 unspecified atom stereocenters. The van der Waals surface area contributed by atoms with Gasteiger partial charge in [-0.25, -0.2) is 0 Å². The fourth-order valence-electron chi connectivity index (χ4n) is 4.95. The van der Waals surface area contributed by atoms with Gasteiger partial charge in [-0.3, -0.25) is 0 Å². The predicted molar refractivity (Wildman–Crippen MR) is 205 cm³/mol. The number of phenolic OH excluding ortho intramolecular Hbond substituents is 1. The summed E-state index contributed by atoms with van der Waals surface area (Å²) in [5.41, 5.74) is 4.10. The number of halogens is 2. The van der Waals surface area contributed by atoms with Crippen LogP contribution in [0.4, 0.5) is 0 Å². The molecule has 0 radical (unpaired) electrons. The van der Waals surface area contributed by atoms with Gasteiger partial charge in [0.15, 0.2) is 11.5 Å². The highest BCUT2D eigenvalue weighted by Gasteiger charge is 2.18. The van der Waals surface area contributed by atoms with Crippen molar-refractivity contribution in [3.63, 3.8) is 0 Å². The van der Waals surface area contributed by atoms with Crippen molar-refractivity contribution >= 4 is 23.2 Å². The Morgan fingerprint density at radius 1 is 0.462 bits per heavy atom. The first-order chi connectivity index (χ1) is 24.8. The first kappa shape index (κ1) is 40.5. The Kier molecular flexibility index (Phi) is 15.1. The van der Waals surface area contributed by atoms with Crippen LogP contribution < -0.4 is 9.47 Å². The zero-order chi connectivity index (χ0) is 38.4. The fourth-order valence-corrected chi connectivity index (χ4v) is 5.28. The second kappa shape index (κ2) is 19.4. The first-order valence-electron chi connectivity index (χ1n) is 16.4. The van der Waals surface area contributed by atoms with E-state index in [1.54, 1.807) is 18.2 Å². The van der Waals surface area contributed by atoms with Gasteiger partial charge in [0.1, 0.15) is 41.5 Å². The number of ether oxygens (including phenoxy) is 2. The number of rotatable bonds is 7. The lowest BCUT2D eigenvalue weighted by Crippen LogP contribution is -1.99. The summed E-state index contributed by atoms with van der Waals surface area (Å²) < 4.78 is 12.5. The third-order valence-electron chi connectivity index (χ3n) is 7.71. The highest BCUT2D eigenvalue weighted by atomic mass is 35.5. The average Bonchev–Trinajstić information content (AvgIpc) is 3.13. The van der Waals surface area contributed by atoms with Crippen LogP contribution in [0.25, 0.3) is 0 Å². The SMILES string of the molecule is CC(C)c1ccccc1O.CC(C)c1ccccc1Oc1cc(C#N)c(C#N)cc1Oc1ccccc1C(C)C.N#Cc1cc(Cl)c(Cl)cc1C#N. The van der Waals surface area contributed by atoms with Crippen molar-refractivity contribution in [1.29, 1.82) is 21.0 Å². The second-order valence-corrected chi connectivity index (χ2v) is 13.2. The Morgan fingerprint density at radius 3 is 1.08 bits per heavy atom. The second-order valence-electron chi connectivity index (χ2n) is 12.4. The molecule has 262 valence electrons. The summed E-state index contributed by atoms with van der Waals surface area (Å²) in [4.78, 5) is 0. The van der Waals surface area contributed by atoms with E-state index in [1.165, 1.54) is 12.1 Å². The summed E-state index contributed by atoms with van der Waals surface area (Å²) in [5, 5.41) is 45.9. The van der Waals surface area contributed by atoms with Gasteiger partial charge in [-0.1, -0.05) is 119 Å². The van der Waals surface area contributed by atoms with E-state index in [2.05, 4.69) is 53.7 Å². The van der Waals surface area contributed by atoms with Crippen LogP contribution in [0.15, 0.2) is 97.1 Å². The van der Waals surface area contributed by atoms with E-state index in [0.717, 1.165) is 16.7 Å². The van der Waals surface area contributed by atoms with E-state index in [-0.39, 0.29) is 44.1 Å². The molecular formula is C43H38Cl2N4O3. The Morgan fingerprint density at radius 2 is 0.769 bits per heavy atom. The van der Waals surface area contributed by atoms with Crippen molar-refractivity contribution in [2.24, 2.45) is 0 Å². The van der Waals surface area contributed by atoms with E-state index < -0.39 is 0 Å². The van der Waals surface area contributed by atoms with Gasteiger partial charge in [0.05, 0.1) is 32.3 Å². The van der Waals surface area contributed by atoms with Crippen molar-refractivity contribution < 1.29 is 14.6 Å². The highest BCUT2D eigenvalue weighted by Crippen LogP contribution is 2.41. The minimum absolute atomic E-state index is 0.243. The molecule has 0 aromatic heterocycles. The summed E-state index contributed by atoms with van der Waals surface area (Å²) in [6.07, 6.45) is 0. The van der Waals surface area contributed by atoms with Crippen LogP contribution in [0.3, 0.4) is 0 Å². The molecule has 0 aliphatic carbocycles. The lowest BCUT2D eigenvalue weighted by molar-refractivity contribution is 0.411. The van der Waals surface area contributed by atoms with E-state index in [1.807, 2.05) is 78.9 Å². The molecule has 0 aliphatic rings. The molecule has 0 saturated heterocycles. The molecule has 0 amide bonds. The van der Waals surface area contributed by atoms with E-state index in [9.17, 15) is 15.6 Å². The molecule has 0 spiro atoms. The molecule has 5 rings (SSSR count). The number of para-hydroxylation sites is 3. The largest absolute Gasteiger partial charge is 0.508 e. The van der Waals surface area contributed by atoms with Crippen LogP contribution in [-0.4, -0.2) is 5.11 Å². The molecule has 9 heteroatoms. The number of phenols is 1. The maximum absolute atomic E-state index is 9.48. The van der Waals surface area contributed by atoms with E-state index in [0.29, 0.717) is 34.7 Å². The number of nitriles is 4. The number of hydrogen-bond acceptors (Lipinski definition) is 7. The van der Waals surface area contributed by atoms with Crippen molar-refractivity contribution in [3.8, 4) is 53.0 Å². The van der Waals surface area contributed by atoms with Gasteiger partial charge in [0, 0.05) is 12.1 Å². The van der Waals surface area contributed by atoms with Crippen molar-refractivity contribution in [2.45, 2.75) is 59.3 Å². The van der Waals surface area contributed by atoms with Crippen LogP contribution in [0.1, 0.15) is 98.2 Å². The van der Waals surface area contributed by atoms with Crippen molar-refractivity contribution in [3.05, 3.63) is 146 Å². The zero-order valence-electron chi connectivity index (χ0n) is 29.8. The van der Waals surface area contributed by atoms with Crippen LogP contribution in [0.5, 0.6) is 28.7 Å². The molecule has 5 aromatic carbocycles. The summed E-state index contributed by atoms with van der Waals surface area (Å²) in [5.74, 6) is 3.53. The molecule has 0 atom stereocenters. The molecule has 0 saturated carbocycles. The van der Waals surface area contributed by atoms with Gasteiger partial charge in [-0.15, -0.1) is 0 Å². The number of aromatic hydroxyl groups is 1. The van der Waals surface area contributed by atoms with Gasteiger partial charge >= 0.3 is 0 Å². The van der Waals surface area contributed by atoms with Gasteiger partial charge in [0.2, 0.25) is 0 Å².